The van der Waals surface area contributed by atoms with Gasteiger partial charge in [0.05, 0.1) is 24.3 Å². The summed E-state index contributed by atoms with van der Waals surface area (Å²) < 4.78 is 64.0. The lowest BCUT2D eigenvalue weighted by atomic mass is 9.91. The summed E-state index contributed by atoms with van der Waals surface area (Å²) in [6.45, 7) is 0.669. The number of nitrogens with zero attached hydrogens (tertiary/aromatic N) is 2. The molecule has 1 aromatic heterocycles. The van der Waals surface area contributed by atoms with Crippen molar-refractivity contribution in [3.8, 4) is 17.0 Å². The highest BCUT2D eigenvalue weighted by Crippen LogP contribution is 2.49. The SMILES string of the molecule is Oc1cc(C(F)(F)F)cc(F)c1-c1nnc(Cl)c2c1COC21CCOC1. The summed E-state index contributed by atoms with van der Waals surface area (Å²) in [5.41, 5.74) is -1.86. The van der Waals surface area contributed by atoms with Gasteiger partial charge in [0.25, 0.3) is 0 Å². The largest absolute Gasteiger partial charge is 0.507 e. The van der Waals surface area contributed by atoms with Crippen molar-refractivity contribution < 1.29 is 32.1 Å². The van der Waals surface area contributed by atoms with Crippen LogP contribution >= 0.6 is 11.6 Å². The third-order valence-electron chi connectivity index (χ3n) is 4.60. The number of halogens is 5. The van der Waals surface area contributed by atoms with Gasteiger partial charge in [-0.05, 0) is 12.1 Å². The standard InChI is InChI=1S/C16H11ClF4N2O3/c17-14-12-8(5-26-15(12)1-2-25-6-15)13(22-23-14)11-9(18)3-7(4-10(11)24)16(19,20)21/h3-4,24H,1-2,5-6H2. The lowest BCUT2D eigenvalue weighted by Gasteiger charge is -2.22. The highest BCUT2D eigenvalue weighted by Gasteiger charge is 2.47. The Labute approximate surface area is 149 Å². The van der Waals surface area contributed by atoms with Crippen LogP contribution in [0.4, 0.5) is 17.6 Å². The molecule has 1 fully saturated rings. The molecule has 4 rings (SSSR count). The first-order valence-electron chi connectivity index (χ1n) is 7.60. The molecule has 10 heteroatoms. The molecular formula is C16H11ClF4N2O3. The first kappa shape index (κ1) is 17.4. The molecule has 0 saturated carbocycles. The Balaban J connectivity index is 1.90. The van der Waals surface area contributed by atoms with Crippen molar-refractivity contribution in [3.63, 3.8) is 0 Å². The van der Waals surface area contributed by atoms with Gasteiger partial charge in [0, 0.05) is 24.2 Å². The second-order valence-corrected chi connectivity index (χ2v) is 6.49. The van der Waals surface area contributed by atoms with Crippen molar-refractivity contribution in [2.45, 2.75) is 24.8 Å². The van der Waals surface area contributed by atoms with E-state index in [4.69, 9.17) is 21.1 Å². The summed E-state index contributed by atoms with van der Waals surface area (Å²) in [6, 6.07) is 0.757. The summed E-state index contributed by atoms with van der Waals surface area (Å²) in [6.07, 6.45) is -4.29. The minimum Gasteiger partial charge on any atom is -0.507 e. The maximum Gasteiger partial charge on any atom is 0.416 e. The summed E-state index contributed by atoms with van der Waals surface area (Å²) in [5.74, 6) is -2.15. The van der Waals surface area contributed by atoms with Crippen LogP contribution in [-0.4, -0.2) is 28.5 Å². The van der Waals surface area contributed by atoms with Gasteiger partial charge in [-0.25, -0.2) is 4.39 Å². The number of hydrogen-bond donors (Lipinski definition) is 1. The van der Waals surface area contributed by atoms with Crippen LogP contribution < -0.4 is 0 Å². The summed E-state index contributed by atoms with van der Waals surface area (Å²) in [4.78, 5) is 0. The molecule has 2 aliphatic rings. The monoisotopic (exact) mass is 390 g/mol. The number of rotatable bonds is 1. The van der Waals surface area contributed by atoms with Gasteiger partial charge >= 0.3 is 6.18 Å². The number of benzene rings is 1. The molecule has 3 heterocycles. The molecular weight excluding hydrogens is 380 g/mol. The van der Waals surface area contributed by atoms with Crippen molar-refractivity contribution in [2.75, 3.05) is 13.2 Å². The number of hydrogen-bond acceptors (Lipinski definition) is 5. The number of alkyl halides is 3. The van der Waals surface area contributed by atoms with Gasteiger partial charge < -0.3 is 14.6 Å². The molecule has 26 heavy (non-hydrogen) atoms. The van der Waals surface area contributed by atoms with E-state index in [0.29, 0.717) is 36.3 Å². The number of fused-ring (bicyclic) bond motifs is 2. The van der Waals surface area contributed by atoms with Crippen LogP contribution in [-0.2, 0) is 27.9 Å². The maximum absolute atomic E-state index is 14.4. The molecule has 1 unspecified atom stereocenters. The molecule has 1 N–H and O–H groups in total. The van der Waals surface area contributed by atoms with Gasteiger partial charge in [-0.1, -0.05) is 11.6 Å². The zero-order chi connectivity index (χ0) is 18.7. The van der Waals surface area contributed by atoms with Gasteiger partial charge in [-0.15, -0.1) is 10.2 Å². The van der Waals surface area contributed by atoms with Gasteiger partial charge in [-0.2, -0.15) is 13.2 Å². The van der Waals surface area contributed by atoms with Crippen LogP contribution in [0.25, 0.3) is 11.3 Å². The van der Waals surface area contributed by atoms with Gasteiger partial charge in [0.15, 0.2) is 5.15 Å². The second kappa shape index (κ2) is 5.77. The van der Waals surface area contributed by atoms with Crippen molar-refractivity contribution >= 4 is 11.6 Å². The average molecular weight is 391 g/mol. The first-order chi connectivity index (χ1) is 12.2. The van der Waals surface area contributed by atoms with Crippen molar-refractivity contribution in [2.24, 2.45) is 0 Å². The molecule has 138 valence electrons. The second-order valence-electron chi connectivity index (χ2n) is 6.13. The number of aromatic hydroxyl groups is 1. The molecule has 1 spiro atoms. The number of aromatic nitrogens is 2. The van der Waals surface area contributed by atoms with Crippen molar-refractivity contribution in [3.05, 3.63) is 39.8 Å². The van der Waals surface area contributed by atoms with E-state index in [-0.39, 0.29) is 24.1 Å². The predicted molar refractivity (Wildman–Crippen MR) is 81.0 cm³/mol. The summed E-state index contributed by atoms with van der Waals surface area (Å²) >= 11 is 6.15. The fourth-order valence-corrected chi connectivity index (χ4v) is 3.71. The molecule has 0 radical (unpaired) electrons. The molecule has 5 nitrogen and oxygen atoms in total. The van der Waals surface area contributed by atoms with Gasteiger partial charge in [0.2, 0.25) is 0 Å². The quantitative estimate of drug-likeness (QED) is 0.750. The fraction of sp³-hybridized carbons (Fsp3) is 0.375. The van der Waals surface area contributed by atoms with E-state index >= 15 is 0 Å². The molecule has 1 saturated heterocycles. The third kappa shape index (κ3) is 2.53. The Hall–Kier alpha value is -1.97. The molecule has 0 aliphatic carbocycles. The molecule has 2 aromatic rings. The first-order valence-corrected chi connectivity index (χ1v) is 7.98. The molecule has 0 bridgehead atoms. The molecule has 1 aromatic carbocycles. The van der Waals surface area contributed by atoms with Crippen molar-refractivity contribution in [1.29, 1.82) is 0 Å². The third-order valence-corrected chi connectivity index (χ3v) is 4.86. The molecule has 1 atom stereocenters. The van der Waals surface area contributed by atoms with E-state index in [1.54, 1.807) is 0 Å². The van der Waals surface area contributed by atoms with E-state index in [9.17, 15) is 22.7 Å². The van der Waals surface area contributed by atoms with E-state index < -0.39 is 34.5 Å². The number of phenolic OH excluding ortho intramolecular Hbond substituents is 1. The van der Waals surface area contributed by atoms with Crippen LogP contribution in [0.5, 0.6) is 5.75 Å². The Kier molecular flexibility index (Phi) is 3.87. The minimum absolute atomic E-state index is 0.00314. The summed E-state index contributed by atoms with van der Waals surface area (Å²) in [5, 5.41) is 17.7. The predicted octanol–water partition coefficient (Wildman–Crippen LogP) is 3.81. The lowest BCUT2D eigenvalue weighted by molar-refractivity contribution is -0.137. The Morgan fingerprint density at radius 2 is 2.00 bits per heavy atom. The van der Waals surface area contributed by atoms with E-state index in [2.05, 4.69) is 10.2 Å². The zero-order valence-corrected chi connectivity index (χ0v) is 13.8. The Bertz CT molecular complexity index is 875. The molecule has 0 amide bonds. The molecule has 2 aliphatic heterocycles. The highest BCUT2D eigenvalue weighted by atomic mass is 35.5. The van der Waals surface area contributed by atoms with Crippen LogP contribution in [0.15, 0.2) is 12.1 Å². The normalized spacial score (nSPS) is 22.2. The Morgan fingerprint density at radius 1 is 1.23 bits per heavy atom. The highest BCUT2D eigenvalue weighted by molar-refractivity contribution is 6.30. The topological polar surface area (TPSA) is 64.5 Å². The van der Waals surface area contributed by atoms with E-state index in [0.717, 1.165) is 0 Å². The summed E-state index contributed by atoms with van der Waals surface area (Å²) in [7, 11) is 0. The van der Waals surface area contributed by atoms with Gasteiger partial charge in [-0.3, -0.25) is 0 Å². The number of ether oxygens (including phenoxy) is 2. The van der Waals surface area contributed by atoms with Crippen LogP contribution in [0.2, 0.25) is 5.15 Å². The van der Waals surface area contributed by atoms with Crippen LogP contribution in [0.1, 0.15) is 23.1 Å². The average Bonchev–Trinajstić information content (AvgIpc) is 3.17. The maximum atomic E-state index is 14.4. The minimum atomic E-state index is -4.79. The smallest absolute Gasteiger partial charge is 0.416 e. The number of phenols is 1. The van der Waals surface area contributed by atoms with Crippen LogP contribution in [0, 0.1) is 5.82 Å². The van der Waals surface area contributed by atoms with Crippen molar-refractivity contribution in [1.82, 2.24) is 10.2 Å². The Morgan fingerprint density at radius 3 is 2.62 bits per heavy atom. The van der Waals surface area contributed by atoms with Crippen LogP contribution in [0.3, 0.4) is 0 Å². The zero-order valence-electron chi connectivity index (χ0n) is 13.0. The van der Waals surface area contributed by atoms with Gasteiger partial charge in [0.1, 0.15) is 22.9 Å². The lowest BCUT2D eigenvalue weighted by Crippen LogP contribution is -2.26. The van der Waals surface area contributed by atoms with E-state index in [1.807, 2.05) is 0 Å². The van der Waals surface area contributed by atoms with E-state index in [1.165, 1.54) is 0 Å². The fourth-order valence-electron chi connectivity index (χ4n) is 3.38.